The van der Waals surface area contributed by atoms with E-state index in [0.717, 1.165) is 19.2 Å². The molecule has 0 bridgehead atoms. The van der Waals surface area contributed by atoms with Gasteiger partial charge in [-0.15, -0.1) is 0 Å². The third-order valence-electron chi connectivity index (χ3n) is 1.79. The fourth-order valence-corrected chi connectivity index (χ4v) is 1.36. The molecule has 0 radical (unpaired) electrons. The maximum Gasteiger partial charge on any atom is 0.339 e. The first-order valence-corrected chi connectivity index (χ1v) is 4.70. The number of halogens is 2. The molecule has 0 saturated carbocycles. The summed E-state index contributed by atoms with van der Waals surface area (Å²) in [6.45, 7) is 0. The van der Waals surface area contributed by atoms with Crippen molar-refractivity contribution in [3.05, 3.63) is 28.0 Å². The number of methoxy groups -OCH3 is 1. The average molecular weight is 279 g/mol. The van der Waals surface area contributed by atoms with Crippen LogP contribution in [0.3, 0.4) is 0 Å². The Kier molecular flexibility index (Phi) is 3.65. The van der Waals surface area contributed by atoms with E-state index < -0.39 is 17.9 Å². The number of carbonyl (C=O) groups excluding carboxylic acids is 1. The second-order valence-electron chi connectivity index (χ2n) is 2.75. The molecule has 0 saturated heterocycles. The van der Waals surface area contributed by atoms with E-state index in [1.54, 1.807) is 0 Å². The number of hydrogen-bond donors (Lipinski definition) is 2. The van der Waals surface area contributed by atoms with Crippen molar-refractivity contribution in [1.29, 1.82) is 0 Å². The van der Waals surface area contributed by atoms with E-state index in [1.165, 1.54) is 0 Å². The maximum atomic E-state index is 13.2. The summed E-state index contributed by atoms with van der Waals surface area (Å²) in [6.07, 6.45) is -1.70. The molecular weight excluding hydrogens is 271 g/mol. The van der Waals surface area contributed by atoms with E-state index in [9.17, 15) is 14.3 Å². The summed E-state index contributed by atoms with van der Waals surface area (Å²) in [6, 6.07) is 1.91. The Hall–Kier alpha value is -1.14. The number of aromatic hydroxyl groups is 1. The van der Waals surface area contributed by atoms with Gasteiger partial charge < -0.3 is 14.9 Å². The number of aliphatic hydroxyl groups excluding tert-OH is 1. The smallest absolute Gasteiger partial charge is 0.339 e. The molecule has 4 nitrogen and oxygen atoms in total. The molecule has 6 heteroatoms. The van der Waals surface area contributed by atoms with Crippen LogP contribution >= 0.6 is 15.9 Å². The van der Waals surface area contributed by atoms with Crippen LogP contribution in [0.2, 0.25) is 0 Å². The van der Waals surface area contributed by atoms with E-state index in [4.69, 9.17) is 5.11 Å². The first-order chi connectivity index (χ1) is 6.97. The van der Waals surface area contributed by atoms with Gasteiger partial charge in [-0.2, -0.15) is 0 Å². The van der Waals surface area contributed by atoms with E-state index in [1.807, 2.05) is 0 Å². The van der Waals surface area contributed by atoms with Crippen molar-refractivity contribution >= 4 is 21.9 Å². The van der Waals surface area contributed by atoms with Gasteiger partial charge >= 0.3 is 5.97 Å². The van der Waals surface area contributed by atoms with Crippen molar-refractivity contribution in [2.24, 2.45) is 0 Å². The van der Waals surface area contributed by atoms with Gasteiger partial charge in [0.15, 0.2) is 6.10 Å². The predicted molar refractivity (Wildman–Crippen MR) is 52.7 cm³/mol. The van der Waals surface area contributed by atoms with Crippen molar-refractivity contribution in [2.45, 2.75) is 6.10 Å². The molecule has 0 aliphatic carbocycles. The topological polar surface area (TPSA) is 66.8 Å². The van der Waals surface area contributed by atoms with Crippen LogP contribution in [0.15, 0.2) is 16.6 Å². The second kappa shape index (κ2) is 4.59. The Bertz CT molecular complexity index is 394. The van der Waals surface area contributed by atoms with Crippen LogP contribution < -0.4 is 0 Å². The highest BCUT2D eigenvalue weighted by Gasteiger charge is 2.22. The van der Waals surface area contributed by atoms with E-state index in [-0.39, 0.29) is 15.8 Å². The van der Waals surface area contributed by atoms with Crippen molar-refractivity contribution in [3.63, 3.8) is 0 Å². The van der Waals surface area contributed by atoms with Crippen LogP contribution in [-0.2, 0) is 9.53 Å². The molecule has 2 N–H and O–H groups in total. The molecule has 15 heavy (non-hydrogen) atoms. The van der Waals surface area contributed by atoms with Crippen LogP contribution in [0, 0.1) is 5.82 Å². The number of ether oxygens (including phenoxy) is 1. The summed E-state index contributed by atoms with van der Waals surface area (Å²) in [4.78, 5) is 10.9. The molecule has 0 aromatic heterocycles. The maximum absolute atomic E-state index is 13.2. The molecule has 0 heterocycles. The third-order valence-corrected chi connectivity index (χ3v) is 2.42. The van der Waals surface area contributed by atoms with Gasteiger partial charge in [0.05, 0.1) is 11.6 Å². The zero-order valence-electron chi connectivity index (χ0n) is 7.70. The highest BCUT2D eigenvalue weighted by atomic mass is 79.9. The summed E-state index contributed by atoms with van der Waals surface area (Å²) in [5, 5.41) is 18.5. The molecule has 82 valence electrons. The van der Waals surface area contributed by atoms with Crippen LogP contribution in [0.5, 0.6) is 5.75 Å². The highest BCUT2D eigenvalue weighted by Crippen LogP contribution is 2.30. The summed E-state index contributed by atoms with van der Waals surface area (Å²) < 4.78 is 17.7. The van der Waals surface area contributed by atoms with Gasteiger partial charge in [-0.3, -0.25) is 0 Å². The van der Waals surface area contributed by atoms with E-state index in [0.29, 0.717) is 0 Å². The standard InChI is InChI=1S/C9H8BrFO4/c1-15-9(14)8(13)4-2-5(10)7(12)3-6(4)11/h2-3,8,12-13H,1H3. The number of esters is 1. The normalized spacial score (nSPS) is 12.3. The third kappa shape index (κ3) is 2.45. The Labute approximate surface area is 93.4 Å². The summed E-state index contributed by atoms with van der Waals surface area (Å²) in [7, 11) is 1.08. The minimum Gasteiger partial charge on any atom is -0.507 e. The Balaban J connectivity index is 3.14. The lowest BCUT2D eigenvalue weighted by Crippen LogP contribution is -2.14. The molecule has 1 aromatic rings. The molecule has 1 rings (SSSR count). The number of benzene rings is 1. The van der Waals surface area contributed by atoms with Crippen LogP contribution in [-0.4, -0.2) is 23.3 Å². The fraction of sp³-hybridized carbons (Fsp3) is 0.222. The van der Waals surface area contributed by atoms with Crippen molar-refractivity contribution < 1.29 is 24.1 Å². The number of phenolic OH excluding ortho intramolecular Hbond substituents is 1. The second-order valence-corrected chi connectivity index (χ2v) is 3.61. The van der Waals surface area contributed by atoms with Gasteiger partial charge in [0, 0.05) is 11.6 Å². The van der Waals surface area contributed by atoms with E-state index in [2.05, 4.69) is 20.7 Å². The number of rotatable bonds is 2. The predicted octanol–water partition coefficient (Wildman–Crippen LogP) is 1.50. The van der Waals surface area contributed by atoms with Gasteiger partial charge in [0.2, 0.25) is 0 Å². The van der Waals surface area contributed by atoms with Gasteiger partial charge in [-0.05, 0) is 22.0 Å². The molecule has 1 atom stereocenters. The van der Waals surface area contributed by atoms with Crippen molar-refractivity contribution in [2.75, 3.05) is 7.11 Å². The van der Waals surface area contributed by atoms with Crippen LogP contribution in [0.1, 0.15) is 11.7 Å². The van der Waals surface area contributed by atoms with Crippen LogP contribution in [0.4, 0.5) is 4.39 Å². The molecule has 1 aromatic carbocycles. The number of hydrogen-bond acceptors (Lipinski definition) is 4. The zero-order chi connectivity index (χ0) is 11.6. The summed E-state index contributed by atoms with van der Waals surface area (Å²) >= 11 is 2.94. The van der Waals surface area contributed by atoms with Gasteiger partial charge in [0.1, 0.15) is 11.6 Å². The molecule has 0 spiro atoms. The van der Waals surface area contributed by atoms with Gasteiger partial charge in [-0.25, -0.2) is 9.18 Å². The number of carbonyl (C=O) groups is 1. The monoisotopic (exact) mass is 278 g/mol. The lowest BCUT2D eigenvalue weighted by atomic mass is 10.1. The summed E-state index contributed by atoms with van der Waals surface area (Å²) in [5.74, 6) is -2.16. The molecular formula is C9H8BrFO4. The average Bonchev–Trinajstić information content (AvgIpc) is 2.21. The minimum absolute atomic E-state index is 0.182. The minimum atomic E-state index is -1.70. The van der Waals surface area contributed by atoms with Gasteiger partial charge in [-0.1, -0.05) is 0 Å². The SMILES string of the molecule is COC(=O)C(O)c1cc(Br)c(O)cc1F. The van der Waals surface area contributed by atoms with Crippen molar-refractivity contribution in [3.8, 4) is 5.75 Å². The fourth-order valence-electron chi connectivity index (χ4n) is 1.000. The molecule has 0 fully saturated rings. The number of phenols is 1. The largest absolute Gasteiger partial charge is 0.507 e. The number of aliphatic hydroxyl groups is 1. The summed E-state index contributed by atoms with van der Waals surface area (Å²) in [5.41, 5.74) is -0.258. The Morgan fingerprint density at radius 3 is 2.73 bits per heavy atom. The first-order valence-electron chi connectivity index (χ1n) is 3.91. The lowest BCUT2D eigenvalue weighted by Gasteiger charge is -2.10. The molecule has 0 aliphatic heterocycles. The molecule has 1 unspecified atom stereocenters. The first kappa shape index (κ1) is 11.9. The highest BCUT2D eigenvalue weighted by molar-refractivity contribution is 9.10. The Morgan fingerprint density at radius 1 is 1.60 bits per heavy atom. The molecule has 0 aliphatic rings. The Morgan fingerprint density at radius 2 is 2.20 bits per heavy atom. The van der Waals surface area contributed by atoms with Crippen LogP contribution in [0.25, 0.3) is 0 Å². The molecule has 0 amide bonds. The van der Waals surface area contributed by atoms with Gasteiger partial charge in [0.25, 0.3) is 0 Å². The quantitative estimate of drug-likeness (QED) is 0.805. The lowest BCUT2D eigenvalue weighted by molar-refractivity contribution is -0.150. The van der Waals surface area contributed by atoms with E-state index >= 15 is 0 Å². The van der Waals surface area contributed by atoms with Crippen molar-refractivity contribution in [1.82, 2.24) is 0 Å². The zero-order valence-corrected chi connectivity index (χ0v) is 9.28.